The van der Waals surface area contributed by atoms with Crippen molar-refractivity contribution in [3.8, 4) is 5.75 Å². The number of nitrogens with zero attached hydrogens (tertiary/aromatic N) is 3. The van der Waals surface area contributed by atoms with E-state index in [1.165, 1.54) is 4.68 Å². The minimum absolute atomic E-state index is 0.110. The Morgan fingerprint density at radius 1 is 1.11 bits per heavy atom. The molecule has 9 heteroatoms. The number of aryl methyl sites for hydroxylation is 3. The van der Waals surface area contributed by atoms with Gasteiger partial charge in [0.05, 0.1) is 27.9 Å². The molecule has 190 valence electrons. The molecule has 0 spiro atoms. The van der Waals surface area contributed by atoms with Crippen molar-refractivity contribution < 1.29 is 23.5 Å². The molecule has 0 radical (unpaired) electrons. The van der Waals surface area contributed by atoms with Crippen molar-refractivity contribution in [2.75, 3.05) is 6.61 Å². The second-order valence-corrected chi connectivity index (χ2v) is 9.54. The van der Waals surface area contributed by atoms with Gasteiger partial charge < -0.3 is 18.5 Å². The molecule has 4 aromatic rings. The molecule has 3 aromatic heterocycles. The molecule has 8 nitrogen and oxygen atoms in total. The first-order valence-electron chi connectivity index (χ1n) is 12.0. The predicted octanol–water partition coefficient (Wildman–Crippen LogP) is 6.36. The van der Waals surface area contributed by atoms with Gasteiger partial charge in [-0.1, -0.05) is 13.3 Å². The maximum atomic E-state index is 12.8. The Morgan fingerprint density at radius 3 is 2.56 bits per heavy atom. The molecule has 4 rings (SSSR count). The van der Waals surface area contributed by atoms with Gasteiger partial charge in [0.25, 0.3) is 0 Å². The van der Waals surface area contributed by atoms with E-state index in [2.05, 4.69) is 32.5 Å². The lowest BCUT2D eigenvalue weighted by Crippen LogP contribution is -2.14. The zero-order valence-electron chi connectivity index (χ0n) is 21.2. The highest BCUT2D eigenvalue weighted by molar-refractivity contribution is 9.10. The van der Waals surface area contributed by atoms with Crippen LogP contribution >= 0.6 is 15.9 Å². The summed E-state index contributed by atoms with van der Waals surface area (Å²) >= 11 is 3.61. The van der Waals surface area contributed by atoms with Gasteiger partial charge in [0.2, 0.25) is 0 Å². The standard InChI is InChI=1S/C27H30BrN3O5/c1-6-8-11-30-18(5)25(27(33)34-7-2)20-13-24(21(28)14-22(20)30)35-15-19-9-10-23(36-19)26(32)31-17(4)12-16(3)29-31/h9-10,12-14H,6-8,11,15H2,1-5H3. The normalized spacial score (nSPS) is 11.3. The number of furan rings is 1. The maximum Gasteiger partial charge on any atom is 0.340 e. The first-order chi connectivity index (χ1) is 17.2. The average Bonchev–Trinajstić information content (AvgIpc) is 3.51. The molecule has 0 aliphatic rings. The van der Waals surface area contributed by atoms with E-state index in [1.807, 2.05) is 39.0 Å². The van der Waals surface area contributed by atoms with Crippen molar-refractivity contribution in [2.24, 2.45) is 0 Å². The molecule has 0 N–H and O–H groups in total. The zero-order chi connectivity index (χ0) is 26.0. The van der Waals surface area contributed by atoms with Crippen molar-refractivity contribution in [2.45, 2.75) is 60.6 Å². The van der Waals surface area contributed by atoms with E-state index in [-0.39, 0.29) is 24.2 Å². The van der Waals surface area contributed by atoms with Crippen LogP contribution < -0.4 is 4.74 Å². The highest BCUT2D eigenvalue weighted by Gasteiger charge is 2.23. The van der Waals surface area contributed by atoms with Crippen LogP contribution in [0.5, 0.6) is 5.75 Å². The van der Waals surface area contributed by atoms with Crippen LogP contribution in [0.1, 0.15) is 70.4 Å². The maximum absolute atomic E-state index is 12.8. The van der Waals surface area contributed by atoms with Crippen molar-refractivity contribution >= 4 is 38.7 Å². The summed E-state index contributed by atoms with van der Waals surface area (Å²) in [6, 6.07) is 8.98. The fourth-order valence-corrected chi connectivity index (χ4v) is 4.76. The van der Waals surface area contributed by atoms with Gasteiger partial charge >= 0.3 is 11.9 Å². The topological polar surface area (TPSA) is 88.5 Å². The first-order valence-corrected chi connectivity index (χ1v) is 12.8. The number of benzene rings is 1. The molecule has 0 saturated heterocycles. The SMILES string of the molecule is CCCCn1c(C)c(C(=O)OCC)c2cc(OCc3ccc(C(=O)n4nc(C)cc4C)o3)c(Br)cc21. The molecular weight excluding hydrogens is 526 g/mol. The third kappa shape index (κ3) is 4.97. The van der Waals surface area contributed by atoms with Gasteiger partial charge in [-0.3, -0.25) is 4.79 Å². The van der Waals surface area contributed by atoms with E-state index in [0.29, 0.717) is 23.7 Å². The van der Waals surface area contributed by atoms with Crippen molar-refractivity contribution in [3.63, 3.8) is 0 Å². The van der Waals surface area contributed by atoms with Gasteiger partial charge in [-0.05, 0) is 80.4 Å². The summed E-state index contributed by atoms with van der Waals surface area (Å²) in [5.41, 5.74) is 3.87. The van der Waals surface area contributed by atoms with Crippen molar-refractivity contribution in [1.29, 1.82) is 0 Å². The van der Waals surface area contributed by atoms with E-state index in [9.17, 15) is 9.59 Å². The molecule has 0 saturated carbocycles. The second-order valence-electron chi connectivity index (χ2n) is 8.68. The summed E-state index contributed by atoms with van der Waals surface area (Å²) < 4.78 is 21.4. The molecule has 0 unspecified atom stereocenters. The monoisotopic (exact) mass is 555 g/mol. The van der Waals surface area contributed by atoms with E-state index in [0.717, 1.165) is 51.8 Å². The summed E-state index contributed by atoms with van der Waals surface area (Å²) in [5.74, 6) is 0.555. The van der Waals surface area contributed by atoms with Gasteiger partial charge in [-0.2, -0.15) is 9.78 Å². The predicted molar refractivity (Wildman–Crippen MR) is 140 cm³/mol. The number of carbonyl (C=O) groups is 2. The third-order valence-electron chi connectivity index (χ3n) is 6.04. The summed E-state index contributed by atoms with van der Waals surface area (Å²) in [4.78, 5) is 25.6. The number of carbonyl (C=O) groups excluding carboxylic acids is 2. The number of halogens is 1. The van der Waals surface area contributed by atoms with E-state index >= 15 is 0 Å². The Bertz CT molecular complexity index is 1430. The van der Waals surface area contributed by atoms with Crippen LogP contribution in [0, 0.1) is 20.8 Å². The molecule has 3 heterocycles. The highest BCUT2D eigenvalue weighted by atomic mass is 79.9. The zero-order valence-corrected chi connectivity index (χ0v) is 22.8. The van der Waals surface area contributed by atoms with Crippen LogP contribution in [-0.4, -0.2) is 32.8 Å². The van der Waals surface area contributed by atoms with Crippen LogP contribution in [0.2, 0.25) is 0 Å². The van der Waals surface area contributed by atoms with Gasteiger partial charge in [0, 0.05) is 23.3 Å². The van der Waals surface area contributed by atoms with E-state index < -0.39 is 0 Å². The fraction of sp³-hybridized carbons (Fsp3) is 0.370. The second kappa shape index (κ2) is 10.7. The Labute approximate surface area is 218 Å². The van der Waals surface area contributed by atoms with Crippen LogP contribution in [0.25, 0.3) is 10.9 Å². The van der Waals surface area contributed by atoms with E-state index in [4.69, 9.17) is 13.9 Å². The lowest BCUT2D eigenvalue weighted by molar-refractivity contribution is 0.0527. The number of ether oxygens (including phenoxy) is 2. The van der Waals surface area contributed by atoms with Crippen LogP contribution in [0.15, 0.2) is 39.2 Å². The minimum Gasteiger partial charge on any atom is -0.484 e. The highest BCUT2D eigenvalue weighted by Crippen LogP contribution is 2.36. The summed E-state index contributed by atoms with van der Waals surface area (Å²) in [6.45, 7) is 10.8. The third-order valence-corrected chi connectivity index (χ3v) is 6.66. The summed E-state index contributed by atoms with van der Waals surface area (Å²) in [5, 5.41) is 5.00. The molecule has 0 fully saturated rings. The Kier molecular flexibility index (Phi) is 7.68. The van der Waals surface area contributed by atoms with Crippen LogP contribution in [0.3, 0.4) is 0 Å². The Morgan fingerprint density at radius 2 is 1.89 bits per heavy atom. The van der Waals surface area contributed by atoms with Crippen LogP contribution in [-0.2, 0) is 17.9 Å². The van der Waals surface area contributed by atoms with Gasteiger partial charge in [0.15, 0.2) is 5.76 Å². The van der Waals surface area contributed by atoms with Gasteiger partial charge in [-0.15, -0.1) is 0 Å². The molecule has 0 aliphatic heterocycles. The molecule has 0 aliphatic carbocycles. The quantitative estimate of drug-likeness (QED) is 0.223. The number of fused-ring (bicyclic) bond motifs is 1. The van der Waals surface area contributed by atoms with Gasteiger partial charge in [-0.25, -0.2) is 4.79 Å². The Balaban J connectivity index is 1.61. The molecule has 0 atom stereocenters. The number of hydrogen-bond acceptors (Lipinski definition) is 6. The Hall–Kier alpha value is -3.33. The van der Waals surface area contributed by atoms with Crippen molar-refractivity contribution in [1.82, 2.24) is 14.3 Å². The minimum atomic E-state index is -0.345. The first kappa shape index (κ1) is 25.8. The molecule has 0 bridgehead atoms. The molecule has 0 amide bonds. The van der Waals surface area contributed by atoms with Gasteiger partial charge in [0.1, 0.15) is 18.1 Å². The average molecular weight is 556 g/mol. The van der Waals surface area contributed by atoms with Crippen molar-refractivity contribution in [3.05, 3.63) is 69.0 Å². The van der Waals surface area contributed by atoms with E-state index in [1.54, 1.807) is 19.1 Å². The lowest BCUT2D eigenvalue weighted by Gasteiger charge is -2.10. The molecule has 1 aromatic carbocycles. The summed E-state index contributed by atoms with van der Waals surface area (Å²) in [7, 11) is 0. The fourth-order valence-electron chi connectivity index (χ4n) is 4.31. The number of unbranched alkanes of at least 4 members (excludes halogenated alkanes) is 1. The summed E-state index contributed by atoms with van der Waals surface area (Å²) in [6.07, 6.45) is 2.04. The smallest absolute Gasteiger partial charge is 0.340 e. The number of aromatic nitrogens is 3. The molecule has 36 heavy (non-hydrogen) atoms. The van der Waals surface area contributed by atoms with Crippen LogP contribution in [0.4, 0.5) is 0 Å². The largest absolute Gasteiger partial charge is 0.484 e. The molecular formula is C27H30BrN3O5. The number of hydrogen-bond donors (Lipinski definition) is 0. The lowest BCUT2D eigenvalue weighted by atomic mass is 10.1. The number of rotatable bonds is 9. The number of esters is 1.